The van der Waals surface area contributed by atoms with E-state index in [1.807, 2.05) is 25.1 Å². The topological polar surface area (TPSA) is 61.1 Å². The number of benzene rings is 2. The molecular formula is C31H43NO5. The van der Waals surface area contributed by atoms with E-state index in [9.17, 15) is 4.79 Å². The van der Waals surface area contributed by atoms with Gasteiger partial charge >= 0.3 is 0 Å². The van der Waals surface area contributed by atoms with Crippen LogP contribution in [0.5, 0.6) is 5.75 Å². The van der Waals surface area contributed by atoms with E-state index in [1.165, 1.54) is 25.7 Å². The SMILES string of the molecule is CCCCc1oc2ccc(C)cc2c1C(=O)c1ccc(OCOCOCN(CCCC)CCCC)cc1. The van der Waals surface area contributed by atoms with Crippen molar-refractivity contribution in [1.82, 2.24) is 4.90 Å². The minimum absolute atomic E-state index is 0.0256. The van der Waals surface area contributed by atoms with Gasteiger partial charge in [-0.15, -0.1) is 0 Å². The Bertz CT molecular complexity index is 1080. The van der Waals surface area contributed by atoms with Crippen LogP contribution < -0.4 is 4.74 Å². The van der Waals surface area contributed by atoms with Gasteiger partial charge in [-0.3, -0.25) is 9.69 Å². The molecule has 0 saturated carbocycles. The van der Waals surface area contributed by atoms with Crippen molar-refractivity contribution < 1.29 is 23.4 Å². The highest BCUT2D eigenvalue weighted by Crippen LogP contribution is 2.30. The zero-order chi connectivity index (χ0) is 26.5. The number of ether oxygens (including phenoxy) is 3. The second kappa shape index (κ2) is 15.6. The highest BCUT2D eigenvalue weighted by Gasteiger charge is 2.22. The fourth-order valence-electron chi connectivity index (χ4n) is 4.24. The van der Waals surface area contributed by atoms with E-state index in [-0.39, 0.29) is 19.4 Å². The van der Waals surface area contributed by atoms with Crippen LogP contribution in [0, 0.1) is 6.92 Å². The van der Waals surface area contributed by atoms with Crippen molar-refractivity contribution in [1.29, 1.82) is 0 Å². The molecule has 0 N–H and O–H groups in total. The highest BCUT2D eigenvalue weighted by atomic mass is 16.7. The van der Waals surface area contributed by atoms with Crippen molar-refractivity contribution in [3.8, 4) is 5.75 Å². The van der Waals surface area contributed by atoms with Crippen molar-refractivity contribution in [2.24, 2.45) is 0 Å². The molecule has 0 aliphatic carbocycles. The molecule has 1 heterocycles. The molecule has 3 rings (SSSR count). The third kappa shape index (κ3) is 8.70. The number of hydrogen-bond donors (Lipinski definition) is 0. The normalized spacial score (nSPS) is 11.5. The Balaban J connectivity index is 1.52. The molecule has 2 aromatic carbocycles. The summed E-state index contributed by atoms with van der Waals surface area (Å²) in [4.78, 5) is 15.8. The number of aryl methyl sites for hydroxylation is 2. The van der Waals surface area contributed by atoms with Crippen LogP contribution >= 0.6 is 0 Å². The molecule has 0 radical (unpaired) electrons. The third-order valence-corrected chi connectivity index (χ3v) is 6.42. The Labute approximate surface area is 221 Å². The van der Waals surface area contributed by atoms with Gasteiger partial charge in [-0.25, -0.2) is 0 Å². The maximum Gasteiger partial charge on any atom is 0.197 e. The molecule has 6 heteroatoms. The second-order valence-corrected chi connectivity index (χ2v) is 9.60. The molecule has 0 aliphatic rings. The summed E-state index contributed by atoms with van der Waals surface area (Å²) in [7, 11) is 0. The lowest BCUT2D eigenvalue weighted by Gasteiger charge is -2.21. The van der Waals surface area contributed by atoms with Crippen LogP contribution in [0.4, 0.5) is 0 Å². The summed E-state index contributed by atoms with van der Waals surface area (Å²) >= 11 is 0. The van der Waals surface area contributed by atoms with E-state index in [0.29, 0.717) is 23.6 Å². The number of unbranched alkanes of at least 4 members (excludes halogenated alkanes) is 3. The van der Waals surface area contributed by atoms with Crippen LogP contribution in [0.3, 0.4) is 0 Å². The van der Waals surface area contributed by atoms with Gasteiger partial charge in [-0.05, 0) is 62.6 Å². The van der Waals surface area contributed by atoms with E-state index in [0.717, 1.165) is 54.6 Å². The van der Waals surface area contributed by atoms with Gasteiger partial charge in [0.15, 0.2) is 19.4 Å². The number of furan rings is 1. The first-order valence-electron chi connectivity index (χ1n) is 13.7. The molecular weight excluding hydrogens is 466 g/mol. The van der Waals surface area contributed by atoms with E-state index in [2.05, 4.69) is 25.7 Å². The number of carbonyl (C=O) groups excluding carboxylic acids is 1. The summed E-state index contributed by atoms with van der Waals surface area (Å²) < 4.78 is 22.9. The predicted molar refractivity (Wildman–Crippen MR) is 148 cm³/mol. The van der Waals surface area contributed by atoms with Gasteiger partial charge in [0, 0.05) is 30.5 Å². The van der Waals surface area contributed by atoms with Crippen molar-refractivity contribution >= 4 is 16.8 Å². The predicted octanol–water partition coefficient (Wildman–Crippen LogP) is 7.50. The minimum Gasteiger partial charge on any atom is -0.467 e. The van der Waals surface area contributed by atoms with Crippen LogP contribution in [-0.2, 0) is 15.9 Å². The average molecular weight is 510 g/mol. The maximum atomic E-state index is 13.5. The summed E-state index contributed by atoms with van der Waals surface area (Å²) in [6.45, 7) is 11.5. The summed E-state index contributed by atoms with van der Waals surface area (Å²) in [5.74, 6) is 1.38. The average Bonchev–Trinajstić information content (AvgIpc) is 3.27. The second-order valence-electron chi connectivity index (χ2n) is 9.60. The zero-order valence-corrected chi connectivity index (χ0v) is 23.0. The fraction of sp³-hybridized carbons (Fsp3) is 0.516. The van der Waals surface area contributed by atoms with Gasteiger partial charge < -0.3 is 18.6 Å². The monoisotopic (exact) mass is 509 g/mol. The lowest BCUT2D eigenvalue weighted by Crippen LogP contribution is -2.29. The first-order chi connectivity index (χ1) is 18.1. The van der Waals surface area contributed by atoms with Gasteiger partial charge in [0.2, 0.25) is 0 Å². The number of nitrogens with zero attached hydrogens (tertiary/aromatic N) is 1. The van der Waals surface area contributed by atoms with Crippen molar-refractivity contribution in [2.45, 2.75) is 72.6 Å². The van der Waals surface area contributed by atoms with Crippen LogP contribution in [0.15, 0.2) is 46.9 Å². The van der Waals surface area contributed by atoms with Crippen LogP contribution in [0.2, 0.25) is 0 Å². The number of hydrogen-bond acceptors (Lipinski definition) is 6. The third-order valence-electron chi connectivity index (χ3n) is 6.42. The maximum absolute atomic E-state index is 13.5. The molecule has 37 heavy (non-hydrogen) atoms. The molecule has 1 aromatic heterocycles. The van der Waals surface area contributed by atoms with Gasteiger partial charge in [0.05, 0.1) is 5.56 Å². The molecule has 202 valence electrons. The van der Waals surface area contributed by atoms with Gasteiger partial charge in [-0.1, -0.05) is 51.7 Å². The standard InChI is InChI=1S/C31H43NO5/c1-5-8-11-29-30(27-20-24(4)12-17-28(27)37-29)31(33)25-13-15-26(16-14-25)36-23-35-22-34-21-32(18-9-6-2)19-10-7-3/h12-17,20H,5-11,18-19,21-23H2,1-4H3. The molecule has 0 bridgehead atoms. The van der Waals surface area contributed by atoms with Crippen LogP contribution in [0.1, 0.15) is 86.5 Å². The van der Waals surface area contributed by atoms with E-state index < -0.39 is 0 Å². The first-order valence-corrected chi connectivity index (χ1v) is 13.7. The van der Waals surface area contributed by atoms with Gasteiger partial charge in [0.25, 0.3) is 0 Å². The van der Waals surface area contributed by atoms with Crippen molar-refractivity contribution in [2.75, 3.05) is 33.4 Å². The summed E-state index contributed by atoms with van der Waals surface area (Å²) in [5, 5.41) is 0.882. The molecule has 0 unspecified atom stereocenters. The largest absolute Gasteiger partial charge is 0.467 e. The quantitative estimate of drug-likeness (QED) is 0.100. The molecule has 0 atom stereocenters. The molecule has 0 spiro atoms. The smallest absolute Gasteiger partial charge is 0.197 e. The fourth-order valence-corrected chi connectivity index (χ4v) is 4.24. The summed E-state index contributed by atoms with van der Waals surface area (Å²) in [6, 6.07) is 13.2. The number of rotatable bonds is 18. The van der Waals surface area contributed by atoms with E-state index in [4.69, 9.17) is 18.6 Å². The first kappa shape index (κ1) is 28.9. The summed E-state index contributed by atoms with van der Waals surface area (Å²) in [5.41, 5.74) is 3.15. The lowest BCUT2D eigenvalue weighted by atomic mass is 9.97. The molecule has 3 aromatic rings. The van der Waals surface area contributed by atoms with Crippen molar-refractivity contribution in [3.05, 3.63) is 64.9 Å². The van der Waals surface area contributed by atoms with E-state index in [1.54, 1.807) is 24.3 Å². The number of ketones is 1. The number of carbonyl (C=O) groups is 1. The van der Waals surface area contributed by atoms with Gasteiger partial charge in [0.1, 0.15) is 23.8 Å². The van der Waals surface area contributed by atoms with Crippen LogP contribution in [0.25, 0.3) is 11.0 Å². The van der Waals surface area contributed by atoms with Crippen molar-refractivity contribution in [3.63, 3.8) is 0 Å². The minimum atomic E-state index is -0.0256. The Hall–Kier alpha value is -2.67. The van der Waals surface area contributed by atoms with E-state index >= 15 is 0 Å². The molecule has 0 aliphatic heterocycles. The Morgan fingerprint density at radius 1 is 0.865 bits per heavy atom. The molecule has 6 nitrogen and oxygen atoms in total. The summed E-state index contributed by atoms with van der Waals surface area (Å²) in [6.07, 6.45) is 7.47. The Morgan fingerprint density at radius 2 is 1.57 bits per heavy atom. The molecule has 0 saturated heterocycles. The Kier molecular flexibility index (Phi) is 12.1. The Morgan fingerprint density at radius 3 is 2.24 bits per heavy atom. The molecule has 0 amide bonds. The van der Waals surface area contributed by atoms with Crippen LogP contribution in [-0.4, -0.2) is 44.1 Å². The number of fused-ring (bicyclic) bond motifs is 1. The van der Waals surface area contributed by atoms with Gasteiger partial charge in [-0.2, -0.15) is 0 Å². The molecule has 0 fully saturated rings. The lowest BCUT2D eigenvalue weighted by molar-refractivity contribution is -0.123. The zero-order valence-electron chi connectivity index (χ0n) is 23.0. The highest BCUT2D eigenvalue weighted by molar-refractivity contribution is 6.17.